The lowest BCUT2D eigenvalue weighted by molar-refractivity contribution is -0.127. The Balaban J connectivity index is 1.91. The molecule has 0 aliphatic carbocycles. The number of nitrogens with zero attached hydrogens (tertiary/aromatic N) is 1. The minimum absolute atomic E-state index is 0.225. The van der Waals surface area contributed by atoms with Crippen molar-refractivity contribution in [3.05, 3.63) is 23.2 Å². The van der Waals surface area contributed by atoms with Crippen molar-refractivity contribution in [1.82, 2.24) is 4.98 Å². The zero-order chi connectivity index (χ0) is 15.2. The molecule has 114 valence electrons. The first-order valence-corrected chi connectivity index (χ1v) is 7.86. The standard InChI is InChI=1S/C14H17ClN2O3S/c1-3-19-6-7-20-9(2)13(18)17-14-16-11-5-4-10(15)8-12(11)21-14/h4-5,8-9H,3,6-7H2,1-2H3,(H,16,17,18). The van der Waals surface area contributed by atoms with Crippen LogP contribution in [0.15, 0.2) is 18.2 Å². The highest BCUT2D eigenvalue weighted by Gasteiger charge is 2.15. The van der Waals surface area contributed by atoms with Crippen LogP contribution in [0.5, 0.6) is 0 Å². The number of aromatic nitrogens is 1. The third-order valence-corrected chi connectivity index (χ3v) is 3.92. The van der Waals surface area contributed by atoms with Gasteiger partial charge in [0.15, 0.2) is 5.13 Å². The number of nitrogens with one attached hydrogen (secondary N) is 1. The normalized spacial score (nSPS) is 12.5. The first-order valence-electron chi connectivity index (χ1n) is 6.66. The summed E-state index contributed by atoms with van der Waals surface area (Å²) in [6.45, 7) is 5.12. The van der Waals surface area contributed by atoms with Gasteiger partial charge in [0.2, 0.25) is 0 Å². The molecule has 1 N–H and O–H groups in total. The fourth-order valence-electron chi connectivity index (χ4n) is 1.66. The fraction of sp³-hybridized carbons (Fsp3) is 0.429. The van der Waals surface area contributed by atoms with E-state index in [0.717, 1.165) is 10.2 Å². The predicted molar refractivity (Wildman–Crippen MR) is 85.2 cm³/mol. The molecule has 0 aliphatic heterocycles. The lowest BCUT2D eigenvalue weighted by Crippen LogP contribution is -2.28. The number of hydrogen-bond acceptors (Lipinski definition) is 5. The van der Waals surface area contributed by atoms with Gasteiger partial charge in [0.25, 0.3) is 5.91 Å². The van der Waals surface area contributed by atoms with E-state index in [-0.39, 0.29) is 5.91 Å². The number of halogens is 1. The van der Waals surface area contributed by atoms with Crippen LogP contribution in [0.3, 0.4) is 0 Å². The van der Waals surface area contributed by atoms with E-state index in [1.807, 2.05) is 19.1 Å². The van der Waals surface area contributed by atoms with Crippen LogP contribution in [0.1, 0.15) is 13.8 Å². The summed E-state index contributed by atoms with van der Waals surface area (Å²) in [4.78, 5) is 16.3. The lowest BCUT2D eigenvalue weighted by atomic mass is 10.3. The molecule has 1 heterocycles. The van der Waals surface area contributed by atoms with E-state index >= 15 is 0 Å². The molecule has 0 aliphatic rings. The van der Waals surface area contributed by atoms with Gasteiger partial charge >= 0.3 is 0 Å². The minimum Gasteiger partial charge on any atom is -0.379 e. The highest BCUT2D eigenvalue weighted by molar-refractivity contribution is 7.22. The summed E-state index contributed by atoms with van der Waals surface area (Å²) < 4.78 is 11.5. The summed E-state index contributed by atoms with van der Waals surface area (Å²) in [7, 11) is 0. The molecule has 0 spiro atoms. The van der Waals surface area contributed by atoms with Crippen molar-refractivity contribution in [2.45, 2.75) is 20.0 Å². The third kappa shape index (κ3) is 4.64. The van der Waals surface area contributed by atoms with Crippen molar-refractivity contribution >= 4 is 44.2 Å². The molecule has 1 aromatic heterocycles. The average molecular weight is 329 g/mol. The van der Waals surface area contributed by atoms with Crippen LogP contribution in [0, 0.1) is 0 Å². The summed E-state index contributed by atoms with van der Waals surface area (Å²) in [6.07, 6.45) is -0.555. The highest BCUT2D eigenvalue weighted by Crippen LogP contribution is 2.28. The Morgan fingerprint density at radius 3 is 3.05 bits per heavy atom. The monoisotopic (exact) mass is 328 g/mol. The maximum atomic E-state index is 12.0. The molecule has 1 unspecified atom stereocenters. The molecule has 21 heavy (non-hydrogen) atoms. The molecule has 0 saturated carbocycles. The van der Waals surface area contributed by atoms with E-state index in [0.29, 0.717) is 30.0 Å². The molecule has 0 saturated heterocycles. The van der Waals surface area contributed by atoms with Crippen LogP contribution >= 0.6 is 22.9 Å². The van der Waals surface area contributed by atoms with Crippen molar-refractivity contribution in [2.75, 3.05) is 25.1 Å². The van der Waals surface area contributed by atoms with Crippen molar-refractivity contribution in [1.29, 1.82) is 0 Å². The van der Waals surface area contributed by atoms with Crippen molar-refractivity contribution in [2.24, 2.45) is 0 Å². The number of carbonyl (C=O) groups is 1. The van der Waals surface area contributed by atoms with Crippen LogP contribution in [0.2, 0.25) is 5.02 Å². The largest absolute Gasteiger partial charge is 0.379 e. The van der Waals surface area contributed by atoms with Gasteiger partial charge in [0.1, 0.15) is 6.10 Å². The molecule has 1 amide bonds. The maximum Gasteiger partial charge on any atom is 0.254 e. The molecule has 0 fully saturated rings. The zero-order valence-electron chi connectivity index (χ0n) is 11.9. The third-order valence-electron chi connectivity index (χ3n) is 2.75. The highest BCUT2D eigenvalue weighted by atomic mass is 35.5. The number of anilines is 1. The fourth-order valence-corrected chi connectivity index (χ4v) is 2.81. The number of ether oxygens (including phenoxy) is 2. The first-order chi connectivity index (χ1) is 10.1. The molecular formula is C14H17ClN2O3S. The Kier molecular flexibility index (Phi) is 5.93. The maximum absolute atomic E-state index is 12.0. The molecule has 0 bridgehead atoms. The summed E-state index contributed by atoms with van der Waals surface area (Å²) in [5.74, 6) is -0.225. The second kappa shape index (κ2) is 7.70. The van der Waals surface area contributed by atoms with Gasteiger partial charge in [0, 0.05) is 11.6 Å². The summed E-state index contributed by atoms with van der Waals surface area (Å²) in [6, 6.07) is 5.42. The number of fused-ring (bicyclic) bond motifs is 1. The van der Waals surface area contributed by atoms with Crippen molar-refractivity contribution in [3.63, 3.8) is 0 Å². The second-order valence-electron chi connectivity index (χ2n) is 4.33. The molecular weight excluding hydrogens is 312 g/mol. The number of thiazole rings is 1. The SMILES string of the molecule is CCOCCOC(C)C(=O)Nc1nc2ccc(Cl)cc2s1. The van der Waals surface area contributed by atoms with Crippen LogP contribution in [0.4, 0.5) is 5.13 Å². The average Bonchev–Trinajstić information content (AvgIpc) is 2.84. The van der Waals surface area contributed by atoms with Crippen LogP contribution in [-0.4, -0.2) is 36.8 Å². The van der Waals surface area contributed by atoms with E-state index in [1.165, 1.54) is 11.3 Å². The Morgan fingerprint density at radius 2 is 2.29 bits per heavy atom. The van der Waals surface area contributed by atoms with Gasteiger partial charge in [-0.1, -0.05) is 22.9 Å². The Bertz CT molecular complexity index is 617. The molecule has 7 heteroatoms. The second-order valence-corrected chi connectivity index (χ2v) is 5.80. The van der Waals surface area contributed by atoms with Gasteiger partial charge in [-0.15, -0.1) is 0 Å². The number of benzene rings is 1. The predicted octanol–water partition coefficient (Wildman–Crippen LogP) is 3.33. The Morgan fingerprint density at radius 1 is 1.48 bits per heavy atom. The van der Waals surface area contributed by atoms with E-state index in [4.69, 9.17) is 21.1 Å². The molecule has 2 aromatic rings. The number of amides is 1. The summed E-state index contributed by atoms with van der Waals surface area (Å²) in [5.41, 5.74) is 0.810. The minimum atomic E-state index is -0.555. The van der Waals surface area contributed by atoms with E-state index in [2.05, 4.69) is 10.3 Å². The number of rotatable bonds is 7. The van der Waals surface area contributed by atoms with Gasteiger partial charge in [-0.2, -0.15) is 0 Å². The number of hydrogen-bond donors (Lipinski definition) is 1. The number of carbonyl (C=O) groups excluding carboxylic acids is 1. The lowest BCUT2D eigenvalue weighted by Gasteiger charge is -2.11. The first kappa shape index (κ1) is 16.2. The van der Waals surface area contributed by atoms with Crippen molar-refractivity contribution < 1.29 is 14.3 Å². The van der Waals surface area contributed by atoms with Crippen LogP contribution < -0.4 is 5.32 Å². The van der Waals surface area contributed by atoms with Gasteiger partial charge < -0.3 is 9.47 Å². The zero-order valence-corrected chi connectivity index (χ0v) is 13.5. The van der Waals surface area contributed by atoms with E-state index in [9.17, 15) is 4.79 Å². The quantitative estimate of drug-likeness (QED) is 0.792. The van der Waals surface area contributed by atoms with E-state index < -0.39 is 6.10 Å². The van der Waals surface area contributed by atoms with Gasteiger partial charge in [-0.25, -0.2) is 4.98 Å². The molecule has 5 nitrogen and oxygen atoms in total. The van der Waals surface area contributed by atoms with E-state index in [1.54, 1.807) is 13.0 Å². The van der Waals surface area contributed by atoms with Gasteiger partial charge in [0.05, 0.1) is 23.4 Å². The summed E-state index contributed by atoms with van der Waals surface area (Å²) >= 11 is 7.31. The smallest absolute Gasteiger partial charge is 0.254 e. The molecule has 0 radical (unpaired) electrons. The van der Waals surface area contributed by atoms with Gasteiger partial charge in [-0.3, -0.25) is 10.1 Å². The molecule has 1 atom stereocenters. The van der Waals surface area contributed by atoms with Crippen LogP contribution in [0.25, 0.3) is 10.2 Å². The topological polar surface area (TPSA) is 60.5 Å². The molecule has 1 aromatic carbocycles. The Hall–Kier alpha value is -1.21. The van der Waals surface area contributed by atoms with Crippen LogP contribution in [-0.2, 0) is 14.3 Å². The van der Waals surface area contributed by atoms with Crippen molar-refractivity contribution in [3.8, 4) is 0 Å². The Labute approximate surface area is 132 Å². The molecule has 2 rings (SSSR count). The van der Waals surface area contributed by atoms with Gasteiger partial charge in [-0.05, 0) is 32.0 Å². The summed E-state index contributed by atoms with van der Waals surface area (Å²) in [5, 5.41) is 3.94.